The number of halogens is 1. The largest absolute Gasteiger partial charge is 0.322 e. The summed E-state index contributed by atoms with van der Waals surface area (Å²) in [6.07, 6.45) is 2.60. The lowest BCUT2D eigenvalue weighted by Gasteiger charge is -2.14. The number of likely N-dealkylation sites (tertiary alicyclic amines) is 1. The fraction of sp³-hybridized carbons (Fsp3) is 0.278. The molecule has 1 fully saturated rings. The minimum absolute atomic E-state index is 0.0779. The fourth-order valence-electron chi connectivity index (χ4n) is 2.73. The van der Waals surface area contributed by atoms with Crippen LogP contribution >= 0.6 is 15.9 Å². The molecule has 1 aliphatic heterocycles. The molecule has 1 saturated heterocycles. The van der Waals surface area contributed by atoms with Gasteiger partial charge >= 0.3 is 0 Å². The van der Waals surface area contributed by atoms with Crippen LogP contribution in [0.15, 0.2) is 53.0 Å². The molecule has 0 unspecified atom stereocenters. The van der Waals surface area contributed by atoms with Crippen molar-refractivity contribution >= 4 is 27.5 Å². The third kappa shape index (κ3) is 3.96. The molecule has 0 bridgehead atoms. The molecular weight excluding hydrogens is 340 g/mol. The molecule has 0 saturated carbocycles. The molecule has 1 amide bonds. The van der Waals surface area contributed by atoms with Crippen LogP contribution in [0.4, 0.5) is 5.69 Å². The number of benzene rings is 2. The number of carbonyl (C=O) groups is 1. The Balaban J connectivity index is 1.63. The Morgan fingerprint density at radius 2 is 1.82 bits per heavy atom. The van der Waals surface area contributed by atoms with Gasteiger partial charge in [-0.25, -0.2) is 0 Å². The molecular formula is C18H19BrN2O. The Labute approximate surface area is 139 Å². The number of nitrogens with one attached hydrogen (secondary N) is 1. The zero-order valence-electron chi connectivity index (χ0n) is 12.4. The van der Waals surface area contributed by atoms with Gasteiger partial charge in [0.15, 0.2) is 0 Å². The summed E-state index contributed by atoms with van der Waals surface area (Å²) >= 11 is 3.40. The zero-order valence-corrected chi connectivity index (χ0v) is 14.0. The fourth-order valence-corrected chi connectivity index (χ4v) is 3.13. The first-order chi connectivity index (χ1) is 10.7. The van der Waals surface area contributed by atoms with E-state index in [4.69, 9.17) is 0 Å². The van der Waals surface area contributed by atoms with Crippen molar-refractivity contribution in [2.75, 3.05) is 18.4 Å². The van der Waals surface area contributed by atoms with Gasteiger partial charge in [-0.3, -0.25) is 9.69 Å². The number of carbonyl (C=O) groups excluding carboxylic acids is 1. The van der Waals surface area contributed by atoms with Crippen LogP contribution in [0.2, 0.25) is 0 Å². The number of hydrogen-bond donors (Lipinski definition) is 1. The molecule has 0 atom stereocenters. The van der Waals surface area contributed by atoms with Gasteiger partial charge in [-0.1, -0.05) is 34.1 Å². The molecule has 1 heterocycles. The van der Waals surface area contributed by atoms with E-state index in [0.29, 0.717) is 5.56 Å². The highest BCUT2D eigenvalue weighted by atomic mass is 79.9. The van der Waals surface area contributed by atoms with Gasteiger partial charge in [-0.15, -0.1) is 0 Å². The van der Waals surface area contributed by atoms with Gasteiger partial charge in [0.05, 0.1) is 0 Å². The number of nitrogens with zero attached hydrogens (tertiary/aromatic N) is 1. The van der Waals surface area contributed by atoms with Crippen LogP contribution in [0, 0.1) is 0 Å². The average molecular weight is 359 g/mol. The molecule has 0 spiro atoms. The smallest absolute Gasteiger partial charge is 0.255 e. The van der Waals surface area contributed by atoms with E-state index in [2.05, 4.69) is 26.1 Å². The second-order valence-corrected chi connectivity index (χ2v) is 6.56. The minimum atomic E-state index is -0.0779. The van der Waals surface area contributed by atoms with E-state index in [-0.39, 0.29) is 5.91 Å². The summed E-state index contributed by atoms with van der Waals surface area (Å²) in [5.41, 5.74) is 2.74. The standard InChI is InChI=1S/C18H19BrN2O/c19-16-4-3-5-17(12-16)20-18(22)15-8-6-14(7-9-15)13-21-10-1-2-11-21/h3-9,12H,1-2,10-11,13H2,(H,20,22). The third-order valence-electron chi connectivity index (χ3n) is 3.90. The Hall–Kier alpha value is -1.65. The molecule has 1 N–H and O–H groups in total. The van der Waals surface area contributed by atoms with Crippen molar-refractivity contribution < 1.29 is 4.79 Å². The van der Waals surface area contributed by atoms with Crippen molar-refractivity contribution in [3.63, 3.8) is 0 Å². The molecule has 114 valence electrons. The van der Waals surface area contributed by atoms with Gasteiger partial charge in [0.25, 0.3) is 5.91 Å². The maximum absolute atomic E-state index is 12.2. The van der Waals surface area contributed by atoms with E-state index in [9.17, 15) is 4.79 Å². The number of anilines is 1. The normalized spacial score (nSPS) is 15.0. The maximum Gasteiger partial charge on any atom is 0.255 e. The van der Waals surface area contributed by atoms with E-state index in [0.717, 1.165) is 16.7 Å². The van der Waals surface area contributed by atoms with Crippen LogP contribution < -0.4 is 5.32 Å². The van der Waals surface area contributed by atoms with E-state index in [1.165, 1.54) is 31.5 Å². The van der Waals surface area contributed by atoms with E-state index in [1.54, 1.807) is 0 Å². The summed E-state index contributed by atoms with van der Waals surface area (Å²) in [6, 6.07) is 15.5. The second kappa shape index (κ2) is 7.07. The van der Waals surface area contributed by atoms with Crippen molar-refractivity contribution in [3.8, 4) is 0 Å². The summed E-state index contributed by atoms with van der Waals surface area (Å²) in [7, 11) is 0. The van der Waals surface area contributed by atoms with Crippen LogP contribution in [0.25, 0.3) is 0 Å². The molecule has 0 radical (unpaired) electrons. The zero-order chi connectivity index (χ0) is 15.4. The highest BCUT2D eigenvalue weighted by molar-refractivity contribution is 9.10. The Morgan fingerprint density at radius 1 is 1.09 bits per heavy atom. The molecule has 3 rings (SSSR count). The van der Waals surface area contributed by atoms with Gasteiger partial charge in [0.2, 0.25) is 0 Å². The molecule has 1 aliphatic rings. The quantitative estimate of drug-likeness (QED) is 0.883. The summed E-state index contributed by atoms with van der Waals surface area (Å²) < 4.78 is 0.950. The van der Waals surface area contributed by atoms with Crippen LogP contribution in [-0.2, 0) is 6.54 Å². The number of amides is 1. The Morgan fingerprint density at radius 3 is 2.50 bits per heavy atom. The Bertz CT molecular complexity index is 648. The van der Waals surface area contributed by atoms with Gasteiger partial charge in [-0.05, 0) is 61.8 Å². The first-order valence-electron chi connectivity index (χ1n) is 7.59. The van der Waals surface area contributed by atoms with E-state index < -0.39 is 0 Å². The SMILES string of the molecule is O=C(Nc1cccc(Br)c1)c1ccc(CN2CCCC2)cc1. The van der Waals surface area contributed by atoms with Crippen LogP contribution in [-0.4, -0.2) is 23.9 Å². The van der Waals surface area contributed by atoms with Crippen LogP contribution in [0.5, 0.6) is 0 Å². The maximum atomic E-state index is 12.2. The van der Waals surface area contributed by atoms with Crippen LogP contribution in [0.1, 0.15) is 28.8 Å². The predicted molar refractivity (Wildman–Crippen MR) is 93.0 cm³/mol. The average Bonchev–Trinajstić information content (AvgIpc) is 3.01. The first kappa shape index (κ1) is 15.3. The molecule has 4 heteroatoms. The van der Waals surface area contributed by atoms with Gasteiger partial charge in [0.1, 0.15) is 0 Å². The van der Waals surface area contributed by atoms with Gasteiger partial charge < -0.3 is 5.32 Å². The molecule has 22 heavy (non-hydrogen) atoms. The molecule has 3 nitrogen and oxygen atoms in total. The summed E-state index contributed by atoms with van der Waals surface area (Å²) in [5.74, 6) is -0.0779. The highest BCUT2D eigenvalue weighted by Crippen LogP contribution is 2.17. The molecule has 0 aliphatic carbocycles. The molecule has 2 aromatic rings. The minimum Gasteiger partial charge on any atom is -0.322 e. The molecule has 0 aromatic heterocycles. The lowest BCUT2D eigenvalue weighted by molar-refractivity contribution is 0.102. The summed E-state index contributed by atoms with van der Waals surface area (Å²) in [4.78, 5) is 14.7. The van der Waals surface area contributed by atoms with Crippen molar-refractivity contribution in [1.29, 1.82) is 0 Å². The van der Waals surface area contributed by atoms with E-state index >= 15 is 0 Å². The predicted octanol–water partition coefficient (Wildman–Crippen LogP) is 4.30. The van der Waals surface area contributed by atoms with Crippen molar-refractivity contribution in [2.45, 2.75) is 19.4 Å². The van der Waals surface area contributed by atoms with Gasteiger partial charge in [-0.2, -0.15) is 0 Å². The van der Waals surface area contributed by atoms with E-state index in [1.807, 2.05) is 48.5 Å². The monoisotopic (exact) mass is 358 g/mol. The highest BCUT2D eigenvalue weighted by Gasteiger charge is 2.12. The van der Waals surface area contributed by atoms with Crippen LogP contribution in [0.3, 0.4) is 0 Å². The van der Waals surface area contributed by atoms with Crippen molar-refractivity contribution in [3.05, 3.63) is 64.1 Å². The second-order valence-electron chi connectivity index (χ2n) is 5.64. The summed E-state index contributed by atoms with van der Waals surface area (Å²) in [6.45, 7) is 3.35. The summed E-state index contributed by atoms with van der Waals surface area (Å²) in [5, 5.41) is 2.91. The number of hydrogen-bond acceptors (Lipinski definition) is 2. The first-order valence-corrected chi connectivity index (χ1v) is 8.38. The lowest BCUT2D eigenvalue weighted by Crippen LogP contribution is -2.18. The van der Waals surface area contributed by atoms with Gasteiger partial charge in [0, 0.05) is 22.3 Å². The molecule has 2 aromatic carbocycles. The van der Waals surface area contributed by atoms with Crippen molar-refractivity contribution in [2.24, 2.45) is 0 Å². The van der Waals surface area contributed by atoms with Crippen molar-refractivity contribution in [1.82, 2.24) is 4.90 Å². The lowest BCUT2D eigenvalue weighted by atomic mass is 10.1. The number of rotatable bonds is 4. The third-order valence-corrected chi connectivity index (χ3v) is 4.40. The topological polar surface area (TPSA) is 32.3 Å². The Kier molecular flexibility index (Phi) is 4.90.